The lowest BCUT2D eigenvalue weighted by Crippen LogP contribution is -2.25. The number of thioether (sulfide) groups is 1. The zero-order valence-electron chi connectivity index (χ0n) is 20.6. The minimum absolute atomic E-state index is 0.0577. The van der Waals surface area contributed by atoms with E-state index in [0.29, 0.717) is 11.6 Å². The van der Waals surface area contributed by atoms with E-state index in [1.165, 1.54) is 17.3 Å². The topological polar surface area (TPSA) is 74.1 Å². The summed E-state index contributed by atoms with van der Waals surface area (Å²) in [6, 6.07) is 24.3. The fraction of sp³-hybridized carbons (Fsp3) is 0.241. The Labute approximate surface area is 215 Å². The first kappa shape index (κ1) is 24.0. The van der Waals surface area contributed by atoms with Gasteiger partial charge in [0, 0.05) is 18.5 Å². The van der Waals surface area contributed by atoms with Crippen molar-refractivity contribution < 1.29 is 9.59 Å². The molecule has 0 bridgehead atoms. The van der Waals surface area contributed by atoms with E-state index in [1.54, 1.807) is 0 Å². The van der Waals surface area contributed by atoms with E-state index < -0.39 is 5.25 Å². The van der Waals surface area contributed by atoms with Gasteiger partial charge in [-0.25, -0.2) is 5.01 Å². The zero-order valence-corrected chi connectivity index (χ0v) is 21.4. The van der Waals surface area contributed by atoms with E-state index in [-0.39, 0.29) is 24.3 Å². The number of aryl methyl sites for hydroxylation is 3. The Morgan fingerprint density at radius 1 is 1.00 bits per heavy atom. The smallest absolute Gasteiger partial charge is 0.262 e. The predicted octanol–water partition coefficient (Wildman–Crippen LogP) is 5.79. The van der Waals surface area contributed by atoms with Crippen LogP contribution in [0.4, 0.5) is 5.69 Å². The Morgan fingerprint density at radius 2 is 1.72 bits per heavy atom. The van der Waals surface area contributed by atoms with Crippen LogP contribution in [-0.2, 0) is 9.59 Å². The SMILES string of the molecule is Cc1ccc(C2=NN(C3=NC(=O)C(CC(=O)Nc4ccc(C)cc4C)S3)C(c3ccccc3)C2)cc1. The van der Waals surface area contributed by atoms with Crippen LogP contribution in [-0.4, -0.2) is 33.0 Å². The molecular weight excluding hydrogens is 468 g/mol. The molecule has 2 amide bonds. The molecule has 7 heteroatoms. The van der Waals surface area contributed by atoms with Gasteiger partial charge in [0.05, 0.1) is 11.8 Å². The van der Waals surface area contributed by atoms with Crippen molar-refractivity contribution >= 4 is 40.1 Å². The van der Waals surface area contributed by atoms with Crippen molar-refractivity contribution in [1.82, 2.24) is 5.01 Å². The van der Waals surface area contributed by atoms with Gasteiger partial charge in [-0.15, -0.1) is 0 Å². The Balaban J connectivity index is 1.34. The van der Waals surface area contributed by atoms with Gasteiger partial charge in [-0.3, -0.25) is 9.59 Å². The minimum atomic E-state index is -0.569. The van der Waals surface area contributed by atoms with Crippen LogP contribution in [0.2, 0.25) is 0 Å². The minimum Gasteiger partial charge on any atom is -0.326 e. The summed E-state index contributed by atoms with van der Waals surface area (Å²) in [6.45, 7) is 6.03. The molecule has 0 saturated heterocycles. The van der Waals surface area contributed by atoms with Gasteiger partial charge in [-0.1, -0.05) is 89.6 Å². The van der Waals surface area contributed by atoms with Gasteiger partial charge in [0.15, 0.2) is 5.17 Å². The molecule has 1 N–H and O–H groups in total. The molecule has 2 aliphatic heterocycles. The third-order valence-electron chi connectivity index (χ3n) is 6.43. The molecule has 2 aliphatic rings. The Morgan fingerprint density at radius 3 is 2.44 bits per heavy atom. The zero-order chi connectivity index (χ0) is 25.2. The maximum atomic E-state index is 12.8. The largest absolute Gasteiger partial charge is 0.326 e. The van der Waals surface area contributed by atoms with E-state index in [4.69, 9.17) is 5.10 Å². The molecule has 2 heterocycles. The average Bonchev–Trinajstić information content (AvgIpc) is 3.46. The predicted molar refractivity (Wildman–Crippen MR) is 146 cm³/mol. The lowest BCUT2D eigenvalue weighted by molar-refractivity contribution is -0.121. The highest BCUT2D eigenvalue weighted by molar-refractivity contribution is 8.15. The first-order chi connectivity index (χ1) is 17.4. The number of aliphatic imine (C=N–C) groups is 1. The molecule has 0 spiro atoms. The monoisotopic (exact) mass is 496 g/mol. The second kappa shape index (κ2) is 10.1. The molecule has 2 atom stereocenters. The summed E-state index contributed by atoms with van der Waals surface area (Å²) in [5, 5.41) is 9.68. The highest BCUT2D eigenvalue weighted by atomic mass is 32.2. The van der Waals surface area contributed by atoms with Crippen LogP contribution in [0.1, 0.15) is 46.7 Å². The van der Waals surface area contributed by atoms with Crippen LogP contribution in [0.3, 0.4) is 0 Å². The van der Waals surface area contributed by atoms with Gasteiger partial charge >= 0.3 is 0 Å². The van der Waals surface area contributed by atoms with E-state index in [9.17, 15) is 9.59 Å². The fourth-order valence-electron chi connectivity index (χ4n) is 4.47. The van der Waals surface area contributed by atoms with E-state index in [2.05, 4.69) is 53.6 Å². The Hall–Kier alpha value is -3.71. The summed E-state index contributed by atoms with van der Waals surface area (Å²) < 4.78 is 0. The maximum absolute atomic E-state index is 12.8. The van der Waals surface area contributed by atoms with E-state index >= 15 is 0 Å². The van der Waals surface area contributed by atoms with E-state index in [1.807, 2.05) is 55.3 Å². The van der Waals surface area contributed by atoms with E-state index in [0.717, 1.165) is 33.7 Å². The van der Waals surface area contributed by atoms with Crippen LogP contribution < -0.4 is 5.32 Å². The molecule has 36 heavy (non-hydrogen) atoms. The quantitative estimate of drug-likeness (QED) is 0.485. The number of hydrogen-bond acceptors (Lipinski definition) is 5. The fourth-order valence-corrected chi connectivity index (χ4v) is 5.53. The molecule has 0 radical (unpaired) electrons. The first-order valence-corrected chi connectivity index (χ1v) is 12.9. The van der Waals surface area contributed by atoms with Crippen LogP contribution >= 0.6 is 11.8 Å². The molecule has 6 nitrogen and oxygen atoms in total. The van der Waals surface area contributed by atoms with Gasteiger partial charge in [0.1, 0.15) is 5.25 Å². The highest BCUT2D eigenvalue weighted by Crippen LogP contribution is 2.38. The molecule has 0 aliphatic carbocycles. The van der Waals surface area contributed by atoms with Crippen molar-refractivity contribution in [2.75, 3.05) is 5.32 Å². The number of amidine groups is 1. The van der Waals surface area contributed by atoms with Crippen LogP contribution in [0, 0.1) is 20.8 Å². The van der Waals surface area contributed by atoms with Gasteiger partial charge in [-0.05, 0) is 43.5 Å². The number of hydrazone groups is 1. The van der Waals surface area contributed by atoms with Crippen molar-refractivity contribution in [2.24, 2.45) is 10.1 Å². The lowest BCUT2D eigenvalue weighted by atomic mass is 9.98. The summed E-state index contributed by atoms with van der Waals surface area (Å²) in [6.07, 6.45) is 0.765. The summed E-state index contributed by atoms with van der Waals surface area (Å²) in [4.78, 5) is 29.9. The number of carbonyl (C=O) groups excluding carboxylic acids is 2. The summed E-state index contributed by atoms with van der Waals surface area (Å²) >= 11 is 1.32. The summed E-state index contributed by atoms with van der Waals surface area (Å²) in [5.41, 5.74) is 7.20. The van der Waals surface area contributed by atoms with Crippen LogP contribution in [0.25, 0.3) is 0 Å². The van der Waals surface area contributed by atoms with Crippen molar-refractivity contribution in [1.29, 1.82) is 0 Å². The van der Waals surface area contributed by atoms with Gasteiger partial charge in [-0.2, -0.15) is 10.1 Å². The highest BCUT2D eigenvalue weighted by Gasteiger charge is 2.39. The number of carbonyl (C=O) groups is 2. The molecule has 2 unspecified atom stereocenters. The standard InChI is InChI=1S/C29H28N4O2S/c1-18-9-12-21(13-10-18)24-16-25(22-7-5-4-6-8-22)33(32-24)29-31-28(35)26(36-29)17-27(34)30-23-14-11-19(2)15-20(23)3/h4-15,25-26H,16-17H2,1-3H3,(H,30,34). The second-order valence-electron chi connectivity index (χ2n) is 9.30. The average molecular weight is 497 g/mol. The number of amides is 2. The van der Waals surface area contributed by atoms with Crippen molar-refractivity contribution in [3.05, 3.63) is 101 Å². The third-order valence-corrected chi connectivity index (χ3v) is 7.57. The molecule has 0 saturated carbocycles. The molecule has 3 aromatic rings. The molecule has 182 valence electrons. The first-order valence-electron chi connectivity index (χ1n) is 12.0. The third kappa shape index (κ3) is 5.11. The number of anilines is 1. The Kier molecular flexibility index (Phi) is 6.74. The van der Waals surface area contributed by atoms with Gasteiger partial charge in [0.2, 0.25) is 5.91 Å². The van der Waals surface area contributed by atoms with Crippen LogP contribution in [0.15, 0.2) is 82.9 Å². The lowest BCUT2D eigenvalue weighted by Gasteiger charge is -2.23. The van der Waals surface area contributed by atoms with Crippen molar-refractivity contribution in [3.8, 4) is 0 Å². The number of hydrogen-bond donors (Lipinski definition) is 1. The normalized spacial score (nSPS) is 19.3. The number of nitrogens with one attached hydrogen (secondary N) is 1. The van der Waals surface area contributed by atoms with Crippen molar-refractivity contribution in [3.63, 3.8) is 0 Å². The summed E-state index contributed by atoms with van der Waals surface area (Å²) in [7, 11) is 0. The van der Waals surface area contributed by atoms with Gasteiger partial charge in [0.25, 0.3) is 5.91 Å². The summed E-state index contributed by atoms with van der Waals surface area (Å²) in [5.74, 6) is -0.495. The molecule has 0 fully saturated rings. The number of benzene rings is 3. The maximum Gasteiger partial charge on any atom is 0.262 e. The molecular formula is C29H28N4O2S. The van der Waals surface area contributed by atoms with Crippen LogP contribution in [0.5, 0.6) is 0 Å². The van der Waals surface area contributed by atoms with Gasteiger partial charge < -0.3 is 5.32 Å². The molecule has 0 aromatic heterocycles. The second-order valence-corrected chi connectivity index (χ2v) is 10.5. The Bertz CT molecular complexity index is 1370. The molecule has 5 rings (SSSR count). The number of nitrogens with zero attached hydrogens (tertiary/aromatic N) is 3. The number of rotatable bonds is 5. The van der Waals surface area contributed by atoms with Crippen molar-refractivity contribution in [2.45, 2.75) is 44.9 Å². The molecule has 3 aromatic carbocycles.